The molecule has 1 aliphatic rings. The van der Waals surface area contributed by atoms with Gasteiger partial charge in [0, 0.05) is 4.88 Å². The summed E-state index contributed by atoms with van der Waals surface area (Å²) in [5, 5.41) is 0.608. The lowest BCUT2D eigenvalue weighted by molar-refractivity contribution is 0.0563. The van der Waals surface area contributed by atoms with E-state index in [2.05, 4.69) is 30.5 Å². The minimum absolute atomic E-state index is 0.0363. The minimum Gasteiger partial charge on any atom is -0.463 e. The van der Waals surface area contributed by atoms with Crippen LogP contribution in [0.25, 0.3) is 10.2 Å². The number of nitrogens with zero attached hydrogens (tertiary/aromatic N) is 1. The predicted molar refractivity (Wildman–Crippen MR) is 111 cm³/mol. The van der Waals surface area contributed by atoms with Gasteiger partial charge in [-0.25, -0.2) is 9.59 Å². The third kappa shape index (κ3) is 3.46. The molecule has 0 spiro atoms. The third-order valence-electron chi connectivity index (χ3n) is 5.78. The van der Waals surface area contributed by atoms with Crippen LogP contribution in [0.4, 0.5) is 0 Å². The molecule has 3 aromatic heterocycles. The summed E-state index contributed by atoms with van der Waals surface area (Å²) in [4.78, 5) is 42.0. The van der Waals surface area contributed by atoms with E-state index in [0.29, 0.717) is 21.9 Å². The van der Waals surface area contributed by atoms with Gasteiger partial charge in [0.05, 0.1) is 19.0 Å². The number of furan rings is 1. The van der Waals surface area contributed by atoms with E-state index in [1.54, 1.807) is 6.07 Å². The number of methoxy groups -OCH3 is 1. The van der Waals surface area contributed by atoms with Crippen molar-refractivity contribution in [2.45, 2.75) is 46.6 Å². The van der Waals surface area contributed by atoms with Gasteiger partial charge in [0.25, 0.3) is 5.56 Å². The van der Waals surface area contributed by atoms with Crippen LogP contribution in [0.15, 0.2) is 26.1 Å². The number of carbonyl (C=O) groups is 1. The molecule has 0 aromatic carbocycles. The van der Waals surface area contributed by atoms with Crippen LogP contribution in [0, 0.1) is 11.3 Å². The minimum atomic E-state index is -0.603. The molecule has 0 saturated carbocycles. The first-order valence-corrected chi connectivity index (χ1v) is 10.4. The molecule has 1 atom stereocenters. The van der Waals surface area contributed by atoms with Gasteiger partial charge in [0.1, 0.15) is 10.6 Å². The Morgan fingerprint density at radius 3 is 2.79 bits per heavy atom. The number of hydrogen-bond acceptors (Lipinski definition) is 6. The number of thiophene rings is 1. The van der Waals surface area contributed by atoms with Crippen LogP contribution in [0.1, 0.15) is 53.9 Å². The molecule has 0 saturated heterocycles. The molecule has 1 unspecified atom stereocenters. The van der Waals surface area contributed by atoms with Crippen LogP contribution in [0.3, 0.4) is 0 Å². The van der Waals surface area contributed by atoms with Gasteiger partial charge in [-0.2, -0.15) is 0 Å². The number of aromatic amines is 1. The van der Waals surface area contributed by atoms with Crippen molar-refractivity contribution in [3.63, 3.8) is 0 Å². The number of aryl methyl sites for hydroxylation is 1. The Bertz CT molecular complexity index is 1200. The fourth-order valence-corrected chi connectivity index (χ4v) is 5.31. The number of fused-ring (bicyclic) bond motifs is 3. The second-order valence-corrected chi connectivity index (χ2v) is 9.70. The number of H-pyrrole nitrogens is 1. The summed E-state index contributed by atoms with van der Waals surface area (Å²) >= 11 is 1.52. The Labute approximate surface area is 171 Å². The molecule has 29 heavy (non-hydrogen) atoms. The molecule has 3 aromatic rings. The Kier molecular flexibility index (Phi) is 4.77. The molecular weight excluding hydrogens is 392 g/mol. The summed E-state index contributed by atoms with van der Waals surface area (Å²) in [7, 11) is 1.26. The molecule has 0 fully saturated rings. The molecule has 0 radical (unpaired) electrons. The van der Waals surface area contributed by atoms with Gasteiger partial charge in [0.2, 0.25) is 5.76 Å². The highest BCUT2D eigenvalue weighted by molar-refractivity contribution is 7.18. The van der Waals surface area contributed by atoms with E-state index < -0.39 is 11.7 Å². The number of rotatable bonds is 3. The Balaban J connectivity index is 1.74. The van der Waals surface area contributed by atoms with Crippen LogP contribution < -0.4 is 11.2 Å². The van der Waals surface area contributed by atoms with Gasteiger partial charge < -0.3 is 9.15 Å². The molecule has 0 aliphatic heterocycles. The highest BCUT2D eigenvalue weighted by Gasteiger charge is 2.32. The van der Waals surface area contributed by atoms with Crippen LogP contribution in [0.5, 0.6) is 0 Å². The Morgan fingerprint density at radius 2 is 2.10 bits per heavy atom. The molecule has 1 N–H and O–H groups in total. The fraction of sp³-hybridized carbons (Fsp3) is 0.476. The van der Waals surface area contributed by atoms with E-state index in [1.165, 1.54) is 29.4 Å². The summed E-state index contributed by atoms with van der Waals surface area (Å²) in [5.41, 5.74) is 0.476. The lowest BCUT2D eigenvalue weighted by Crippen LogP contribution is -2.35. The number of carbonyl (C=O) groups excluding carboxylic acids is 1. The van der Waals surface area contributed by atoms with Crippen molar-refractivity contribution >= 4 is 27.5 Å². The van der Waals surface area contributed by atoms with Gasteiger partial charge in [-0.1, -0.05) is 20.8 Å². The van der Waals surface area contributed by atoms with E-state index in [1.807, 2.05) is 0 Å². The smallest absolute Gasteiger partial charge is 0.373 e. The molecule has 154 valence electrons. The van der Waals surface area contributed by atoms with Gasteiger partial charge in [-0.3, -0.25) is 14.3 Å². The maximum atomic E-state index is 13.2. The maximum absolute atomic E-state index is 13.2. The summed E-state index contributed by atoms with van der Waals surface area (Å²) in [6, 6.07) is 3.04. The number of ether oxygens (including phenoxy) is 1. The number of aromatic nitrogens is 2. The van der Waals surface area contributed by atoms with Gasteiger partial charge in [0.15, 0.2) is 0 Å². The topological polar surface area (TPSA) is 94.3 Å². The second kappa shape index (κ2) is 7.02. The SMILES string of the molecule is COC(=O)c1ccc(Cn2c(=O)[nH]c3sc4c(c3c2=O)CCC(C(C)(C)C)C4)o1. The summed E-state index contributed by atoms with van der Waals surface area (Å²) in [6.07, 6.45) is 2.80. The van der Waals surface area contributed by atoms with Crippen molar-refractivity contribution < 1.29 is 13.9 Å². The Hall–Kier alpha value is -2.61. The van der Waals surface area contributed by atoms with E-state index in [9.17, 15) is 14.4 Å². The maximum Gasteiger partial charge on any atom is 0.373 e. The van der Waals surface area contributed by atoms with E-state index in [4.69, 9.17) is 4.42 Å². The molecule has 3 heterocycles. The van der Waals surface area contributed by atoms with Gasteiger partial charge in [-0.05, 0) is 48.3 Å². The van der Waals surface area contributed by atoms with Crippen molar-refractivity contribution in [2.24, 2.45) is 11.3 Å². The summed E-state index contributed by atoms with van der Waals surface area (Å²) in [5.74, 6) is 0.327. The van der Waals surface area contributed by atoms with Crippen LogP contribution in [-0.2, 0) is 24.1 Å². The average molecular weight is 416 g/mol. The number of hydrogen-bond donors (Lipinski definition) is 1. The van der Waals surface area contributed by atoms with Crippen molar-refractivity contribution in [1.82, 2.24) is 9.55 Å². The molecular formula is C21H24N2O5S. The average Bonchev–Trinajstić information content (AvgIpc) is 3.27. The number of nitrogens with one attached hydrogen (secondary N) is 1. The quantitative estimate of drug-likeness (QED) is 0.661. The fourth-order valence-electron chi connectivity index (χ4n) is 4.00. The van der Waals surface area contributed by atoms with E-state index in [-0.39, 0.29) is 23.3 Å². The van der Waals surface area contributed by atoms with Crippen LogP contribution in [0.2, 0.25) is 0 Å². The summed E-state index contributed by atoms with van der Waals surface area (Å²) in [6.45, 7) is 6.70. The highest BCUT2D eigenvalue weighted by atomic mass is 32.1. The molecule has 4 rings (SSSR count). The van der Waals surface area contributed by atoms with Crippen molar-refractivity contribution in [3.05, 3.63) is 54.9 Å². The molecule has 1 aliphatic carbocycles. The molecule has 7 nitrogen and oxygen atoms in total. The highest BCUT2D eigenvalue weighted by Crippen LogP contribution is 2.41. The zero-order chi connectivity index (χ0) is 20.9. The van der Waals surface area contributed by atoms with Gasteiger partial charge >= 0.3 is 11.7 Å². The van der Waals surface area contributed by atoms with Crippen molar-refractivity contribution in [2.75, 3.05) is 7.11 Å². The first-order chi connectivity index (χ1) is 13.7. The largest absolute Gasteiger partial charge is 0.463 e. The molecule has 8 heteroatoms. The monoisotopic (exact) mass is 416 g/mol. The Morgan fingerprint density at radius 1 is 1.34 bits per heavy atom. The van der Waals surface area contributed by atoms with E-state index in [0.717, 1.165) is 29.4 Å². The van der Waals surface area contributed by atoms with Crippen molar-refractivity contribution in [1.29, 1.82) is 0 Å². The molecule has 0 amide bonds. The first kappa shape index (κ1) is 19.7. The third-order valence-corrected chi connectivity index (χ3v) is 6.95. The zero-order valence-electron chi connectivity index (χ0n) is 17.0. The lowest BCUT2D eigenvalue weighted by Gasteiger charge is -2.33. The molecule has 0 bridgehead atoms. The zero-order valence-corrected chi connectivity index (χ0v) is 17.8. The standard InChI is InChI=1S/C21H24N2O5S/c1-21(2,3)11-5-7-13-15(9-11)29-17-16(13)18(24)23(20(26)22-17)10-12-6-8-14(28-12)19(25)27-4/h6,8,11H,5,7,9-10H2,1-4H3,(H,22,26). The van der Waals surface area contributed by atoms with Crippen LogP contribution >= 0.6 is 11.3 Å². The normalized spacial score (nSPS) is 16.8. The summed E-state index contributed by atoms with van der Waals surface area (Å²) < 4.78 is 11.2. The van der Waals surface area contributed by atoms with E-state index >= 15 is 0 Å². The first-order valence-electron chi connectivity index (χ1n) is 9.63. The van der Waals surface area contributed by atoms with Gasteiger partial charge in [-0.15, -0.1) is 11.3 Å². The van der Waals surface area contributed by atoms with Crippen LogP contribution in [-0.4, -0.2) is 22.6 Å². The number of esters is 1. The second-order valence-electron chi connectivity index (χ2n) is 8.59. The predicted octanol–water partition coefficient (Wildman–Crippen LogP) is 3.33. The van der Waals surface area contributed by atoms with Crippen molar-refractivity contribution in [3.8, 4) is 0 Å². The lowest BCUT2D eigenvalue weighted by atomic mass is 9.72.